The van der Waals surface area contributed by atoms with Crippen LogP contribution in [0.25, 0.3) is 6.08 Å². The average molecular weight is 372 g/mol. The molecule has 0 aliphatic carbocycles. The Morgan fingerprint density at radius 3 is 2.42 bits per heavy atom. The number of nitrogens with zero attached hydrogens (tertiary/aromatic N) is 2. The van der Waals surface area contributed by atoms with Crippen LogP contribution in [0.3, 0.4) is 0 Å². The summed E-state index contributed by atoms with van der Waals surface area (Å²) in [6.07, 6.45) is 1.21. The van der Waals surface area contributed by atoms with Crippen LogP contribution in [-0.2, 0) is 14.8 Å². The zero-order valence-electron chi connectivity index (χ0n) is 13.1. The van der Waals surface area contributed by atoms with Crippen molar-refractivity contribution in [2.75, 3.05) is 5.32 Å². The number of nitro benzene ring substituents is 1. The van der Waals surface area contributed by atoms with E-state index < -0.39 is 20.9 Å². The molecule has 0 saturated carbocycles. The van der Waals surface area contributed by atoms with E-state index >= 15 is 0 Å². The average Bonchev–Trinajstić information content (AvgIpc) is 2.59. The molecule has 0 radical (unpaired) electrons. The Kier molecular flexibility index (Phi) is 5.46. The van der Waals surface area contributed by atoms with E-state index in [-0.39, 0.29) is 21.8 Å². The van der Waals surface area contributed by atoms with Crippen LogP contribution in [0.4, 0.5) is 11.4 Å². The highest BCUT2D eigenvalue weighted by Crippen LogP contribution is 2.17. The van der Waals surface area contributed by atoms with Gasteiger partial charge < -0.3 is 5.32 Å². The van der Waals surface area contributed by atoms with Crippen LogP contribution in [0.1, 0.15) is 5.56 Å². The molecule has 3 N–H and O–H groups in total. The molecule has 1 amide bonds. The normalized spacial score (nSPS) is 11.5. The van der Waals surface area contributed by atoms with Gasteiger partial charge in [0.2, 0.25) is 10.0 Å². The second-order valence-corrected chi connectivity index (χ2v) is 6.61. The van der Waals surface area contributed by atoms with Crippen molar-refractivity contribution in [2.45, 2.75) is 4.90 Å². The van der Waals surface area contributed by atoms with Gasteiger partial charge in [0.25, 0.3) is 11.6 Å². The minimum Gasteiger partial charge on any atom is -0.321 e. The summed E-state index contributed by atoms with van der Waals surface area (Å²) in [5.74, 6) is -0.748. The van der Waals surface area contributed by atoms with E-state index in [0.29, 0.717) is 5.56 Å². The third kappa shape index (κ3) is 4.73. The summed E-state index contributed by atoms with van der Waals surface area (Å²) < 4.78 is 22.4. The predicted molar refractivity (Wildman–Crippen MR) is 93.1 cm³/mol. The molecule has 132 valence electrons. The van der Waals surface area contributed by atoms with E-state index in [1.165, 1.54) is 54.6 Å². The molecule has 0 bridgehead atoms. The number of amides is 1. The summed E-state index contributed by atoms with van der Waals surface area (Å²) >= 11 is 0. The van der Waals surface area contributed by atoms with E-state index in [2.05, 4.69) is 5.32 Å². The molecule has 0 unspecified atom stereocenters. The first-order chi connectivity index (χ1) is 12.2. The van der Waals surface area contributed by atoms with E-state index in [1.54, 1.807) is 6.07 Å². The van der Waals surface area contributed by atoms with Crippen LogP contribution in [-0.4, -0.2) is 19.2 Å². The summed E-state index contributed by atoms with van der Waals surface area (Å²) in [7, 11) is -3.85. The number of nitriles is 1. The zero-order valence-corrected chi connectivity index (χ0v) is 13.9. The molecular weight excluding hydrogens is 360 g/mol. The Morgan fingerprint density at radius 2 is 1.88 bits per heavy atom. The topological polar surface area (TPSA) is 156 Å². The highest BCUT2D eigenvalue weighted by atomic mass is 32.2. The van der Waals surface area contributed by atoms with Gasteiger partial charge in [0.15, 0.2) is 0 Å². The van der Waals surface area contributed by atoms with Gasteiger partial charge in [-0.1, -0.05) is 12.1 Å². The van der Waals surface area contributed by atoms with Crippen LogP contribution >= 0.6 is 0 Å². The number of non-ortho nitro benzene ring substituents is 1. The Morgan fingerprint density at radius 1 is 1.23 bits per heavy atom. The van der Waals surface area contributed by atoms with Crippen molar-refractivity contribution in [1.82, 2.24) is 0 Å². The maximum absolute atomic E-state index is 12.2. The first-order valence-electron chi connectivity index (χ1n) is 7.01. The molecule has 9 nitrogen and oxygen atoms in total. The predicted octanol–water partition coefficient (Wildman–Crippen LogP) is 1.79. The number of nitrogens with two attached hydrogens (primary N) is 1. The first kappa shape index (κ1) is 18.8. The van der Waals surface area contributed by atoms with Gasteiger partial charge in [-0.15, -0.1) is 0 Å². The molecule has 0 aliphatic heterocycles. The van der Waals surface area contributed by atoms with Crippen molar-refractivity contribution >= 4 is 33.4 Å². The molecular formula is C16H12N4O5S. The first-order valence-corrected chi connectivity index (χ1v) is 8.56. The van der Waals surface area contributed by atoms with E-state index in [4.69, 9.17) is 10.4 Å². The minimum atomic E-state index is -3.85. The van der Waals surface area contributed by atoms with Gasteiger partial charge in [0, 0.05) is 17.8 Å². The van der Waals surface area contributed by atoms with Crippen LogP contribution in [0.2, 0.25) is 0 Å². The van der Waals surface area contributed by atoms with E-state index in [0.717, 1.165) is 0 Å². The number of nitro groups is 1. The van der Waals surface area contributed by atoms with Crippen molar-refractivity contribution in [3.63, 3.8) is 0 Å². The Labute approximate surface area is 148 Å². The second-order valence-electron chi connectivity index (χ2n) is 5.05. The zero-order chi connectivity index (χ0) is 19.3. The molecule has 2 rings (SSSR count). The van der Waals surface area contributed by atoms with Crippen molar-refractivity contribution in [2.24, 2.45) is 5.14 Å². The minimum absolute atomic E-state index is 0.122. The van der Waals surface area contributed by atoms with E-state index in [9.17, 15) is 23.3 Å². The molecule has 0 aliphatic rings. The summed E-state index contributed by atoms with van der Waals surface area (Å²) in [6.45, 7) is 0. The third-order valence-electron chi connectivity index (χ3n) is 3.20. The lowest BCUT2D eigenvalue weighted by molar-refractivity contribution is -0.384. The SMILES string of the molecule is N#C/C(=C/c1cccc([N+](=O)[O-])c1)C(=O)Nc1ccc(S(N)(=O)=O)cc1. The number of hydrogen-bond acceptors (Lipinski definition) is 6. The van der Waals surface area contributed by atoms with Crippen LogP contribution in [0, 0.1) is 21.4 Å². The smallest absolute Gasteiger partial charge is 0.270 e. The number of carbonyl (C=O) groups is 1. The molecule has 0 atom stereocenters. The molecule has 10 heteroatoms. The van der Waals surface area contributed by atoms with Crippen LogP contribution in [0.15, 0.2) is 59.0 Å². The van der Waals surface area contributed by atoms with Gasteiger partial charge in [-0.2, -0.15) is 5.26 Å². The maximum Gasteiger partial charge on any atom is 0.270 e. The molecule has 0 aromatic heterocycles. The second kappa shape index (κ2) is 7.56. The number of anilines is 1. The van der Waals surface area contributed by atoms with Gasteiger partial charge in [0.1, 0.15) is 11.6 Å². The summed E-state index contributed by atoms with van der Waals surface area (Å²) in [4.78, 5) is 22.2. The Bertz CT molecular complexity index is 1040. The van der Waals surface area contributed by atoms with Gasteiger partial charge in [-0.25, -0.2) is 13.6 Å². The van der Waals surface area contributed by atoms with Gasteiger partial charge in [-0.3, -0.25) is 14.9 Å². The molecule has 0 fully saturated rings. The Hall–Kier alpha value is -3.55. The molecule has 26 heavy (non-hydrogen) atoms. The fraction of sp³-hybridized carbons (Fsp3) is 0. The van der Waals surface area contributed by atoms with Gasteiger partial charge in [0.05, 0.1) is 9.82 Å². The van der Waals surface area contributed by atoms with Crippen molar-refractivity contribution < 1.29 is 18.1 Å². The number of sulfonamides is 1. The van der Waals surface area contributed by atoms with E-state index in [1.807, 2.05) is 0 Å². The summed E-state index contributed by atoms with van der Waals surface area (Å²) in [5.41, 5.74) is 0.120. The third-order valence-corrected chi connectivity index (χ3v) is 4.13. The lowest BCUT2D eigenvalue weighted by atomic mass is 10.1. The monoisotopic (exact) mass is 372 g/mol. The highest BCUT2D eigenvalue weighted by Gasteiger charge is 2.12. The number of primary sulfonamides is 1. The van der Waals surface area contributed by atoms with Crippen molar-refractivity contribution in [3.8, 4) is 6.07 Å². The van der Waals surface area contributed by atoms with Gasteiger partial charge in [-0.05, 0) is 35.9 Å². The largest absolute Gasteiger partial charge is 0.321 e. The van der Waals surface area contributed by atoms with Crippen LogP contribution < -0.4 is 10.5 Å². The molecule has 0 heterocycles. The fourth-order valence-corrected chi connectivity index (χ4v) is 2.49. The summed E-state index contributed by atoms with van der Waals surface area (Å²) in [5, 5.41) is 27.3. The van der Waals surface area contributed by atoms with Gasteiger partial charge >= 0.3 is 0 Å². The molecule has 2 aromatic rings. The van der Waals surface area contributed by atoms with Crippen molar-refractivity contribution in [3.05, 3.63) is 69.8 Å². The fourth-order valence-electron chi connectivity index (χ4n) is 1.97. The number of carbonyl (C=O) groups excluding carboxylic acids is 1. The number of benzene rings is 2. The highest BCUT2D eigenvalue weighted by molar-refractivity contribution is 7.89. The molecule has 0 spiro atoms. The maximum atomic E-state index is 12.2. The number of hydrogen-bond donors (Lipinski definition) is 2. The lowest BCUT2D eigenvalue weighted by Crippen LogP contribution is -2.14. The number of nitrogens with one attached hydrogen (secondary N) is 1. The lowest BCUT2D eigenvalue weighted by Gasteiger charge is -2.05. The molecule has 2 aromatic carbocycles. The summed E-state index contributed by atoms with van der Waals surface area (Å²) in [6, 6.07) is 12.2. The number of rotatable bonds is 5. The van der Waals surface area contributed by atoms with Crippen molar-refractivity contribution in [1.29, 1.82) is 5.26 Å². The van der Waals surface area contributed by atoms with Crippen LogP contribution in [0.5, 0.6) is 0 Å². The standard InChI is InChI=1S/C16H12N4O5S/c17-10-12(8-11-2-1-3-14(9-11)20(22)23)16(21)19-13-4-6-15(7-5-13)26(18,24)25/h1-9H,(H,19,21)(H2,18,24,25)/b12-8-. The quantitative estimate of drug-likeness (QED) is 0.352. The molecule has 0 saturated heterocycles. The Balaban J connectivity index is 2.22.